The molecule has 0 aromatic heterocycles. The number of nitrogens with one attached hydrogen (secondary N) is 1. The van der Waals surface area contributed by atoms with Gasteiger partial charge in [-0.25, -0.2) is 4.39 Å². The second kappa shape index (κ2) is 4.96. The van der Waals surface area contributed by atoms with Gasteiger partial charge in [0.15, 0.2) is 0 Å². The fraction of sp³-hybridized carbons (Fsp3) is 0.500. The van der Waals surface area contributed by atoms with Gasteiger partial charge in [0.05, 0.1) is 5.69 Å². The number of nitrogen functional groups attached to an aromatic ring is 1. The summed E-state index contributed by atoms with van der Waals surface area (Å²) >= 11 is 0. The molecule has 4 heteroatoms. The highest BCUT2D eigenvalue weighted by Gasteiger charge is 2.26. The fourth-order valence-corrected chi connectivity index (χ4v) is 2.48. The largest absolute Gasteiger partial charge is 0.384 e. The molecule has 1 fully saturated rings. The van der Waals surface area contributed by atoms with E-state index in [0.29, 0.717) is 23.1 Å². The molecule has 3 nitrogen and oxygen atoms in total. The van der Waals surface area contributed by atoms with Crippen LogP contribution < -0.4 is 10.6 Å². The number of nitrogens with zero attached hydrogens (tertiary/aromatic N) is 1. The van der Waals surface area contributed by atoms with Gasteiger partial charge in [0.1, 0.15) is 11.7 Å². The van der Waals surface area contributed by atoms with Crippen LogP contribution >= 0.6 is 0 Å². The molecule has 1 aromatic rings. The van der Waals surface area contributed by atoms with E-state index in [1.807, 2.05) is 0 Å². The molecule has 1 aliphatic rings. The van der Waals surface area contributed by atoms with Crippen LogP contribution in [0.2, 0.25) is 0 Å². The van der Waals surface area contributed by atoms with E-state index in [2.05, 4.69) is 18.7 Å². The fourth-order valence-electron chi connectivity index (χ4n) is 2.48. The molecular weight excluding hydrogens is 229 g/mol. The molecular formula is C14H20FN3. The van der Waals surface area contributed by atoms with Crippen molar-refractivity contribution in [3.05, 3.63) is 29.6 Å². The van der Waals surface area contributed by atoms with Gasteiger partial charge in [-0.05, 0) is 36.5 Å². The Morgan fingerprint density at radius 3 is 2.72 bits per heavy atom. The zero-order chi connectivity index (χ0) is 13.3. The molecule has 1 heterocycles. The summed E-state index contributed by atoms with van der Waals surface area (Å²) in [5.74, 6) is 0.889. The standard InChI is InChI=1S/C14H20FN3/c1-9(2)11-5-6-18(8-11)13-4-3-10(14(16)17)7-12(13)15/h3-4,7,9,11H,5-6,8H2,1-2H3,(H3,16,17). The molecule has 2 rings (SSSR count). The van der Waals surface area contributed by atoms with E-state index in [-0.39, 0.29) is 11.7 Å². The van der Waals surface area contributed by atoms with Crippen LogP contribution in [0.3, 0.4) is 0 Å². The molecule has 0 amide bonds. The minimum absolute atomic E-state index is 0.0954. The van der Waals surface area contributed by atoms with Crippen LogP contribution in [0, 0.1) is 23.1 Å². The zero-order valence-corrected chi connectivity index (χ0v) is 10.9. The predicted octanol–water partition coefficient (Wildman–Crippen LogP) is 2.59. The average Bonchev–Trinajstić information content (AvgIpc) is 2.78. The molecule has 1 saturated heterocycles. The molecule has 18 heavy (non-hydrogen) atoms. The number of nitrogens with two attached hydrogens (primary N) is 1. The van der Waals surface area contributed by atoms with Crippen LogP contribution in [0.5, 0.6) is 0 Å². The quantitative estimate of drug-likeness (QED) is 0.639. The Bertz CT molecular complexity index is 456. The topological polar surface area (TPSA) is 53.1 Å². The molecule has 1 unspecified atom stereocenters. The van der Waals surface area contributed by atoms with Gasteiger partial charge in [-0.1, -0.05) is 13.8 Å². The highest BCUT2D eigenvalue weighted by molar-refractivity contribution is 5.95. The first-order valence-corrected chi connectivity index (χ1v) is 6.38. The van der Waals surface area contributed by atoms with E-state index in [4.69, 9.17) is 11.1 Å². The summed E-state index contributed by atoms with van der Waals surface area (Å²) in [4.78, 5) is 2.09. The van der Waals surface area contributed by atoms with Crippen molar-refractivity contribution in [2.24, 2.45) is 17.6 Å². The average molecular weight is 249 g/mol. The zero-order valence-electron chi connectivity index (χ0n) is 10.9. The number of halogens is 1. The van der Waals surface area contributed by atoms with Gasteiger partial charge in [-0.2, -0.15) is 0 Å². The van der Waals surface area contributed by atoms with Crippen molar-refractivity contribution in [1.82, 2.24) is 0 Å². The smallest absolute Gasteiger partial charge is 0.147 e. The SMILES string of the molecule is CC(C)C1CCN(c2ccc(C(=N)N)cc2F)C1. The number of amidine groups is 1. The monoisotopic (exact) mass is 249 g/mol. The van der Waals surface area contributed by atoms with Crippen LogP contribution in [-0.2, 0) is 0 Å². The Hall–Kier alpha value is -1.58. The lowest BCUT2D eigenvalue weighted by Gasteiger charge is -2.21. The van der Waals surface area contributed by atoms with Crippen molar-refractivity contribution in [1.29, 1.82) is 5.41 Å². The summed E-state index contributed by atoms with van der Waals surface area (Å²) < 4.78 is 14.0. The van der Waals surface area contributed by atoms with Crippen molar-refractivity contribution in [2.45, 2.75) is 20.3 Å². The molecule has 0 bridgehead atoms. The first kappa shape index (κ1) is 12.9. The van der Waals surface area contributed by atoms with Crippen LogP contribution in [0.25, 0.3) is 0 Å². The number of hydrogen-bond acceptors (Lipinski definition) is 2. The third kappa shape index (κ3) is 2.47. The Morgan fingerprint density at radius 2 is 2.22 bits per heavy atom. The van der Waals surface area contributed by atoms with Gasteiger partial charge in [0, 0.05) is 18.7 Å². The second-order valence-electron chi connectivity index (χ2n) is 5.32. The number of anilines is 1. The van der Waals surface area contributed by atoms with E-state index < -0.39 is 0 Å². The molecule has 0 aliphatic carbocycles. The van der Waals surface area contributed by atoms with Gasteiger partial charge >= 0.3 is 0 Å². The highest BCUT2D eigenvalue weighted by atomic mass is 19.1. The summed E-state index contributed by atoms with van der Waals surface area (Å²) in [5.41, 5.74) is 6.42. The van der Waals surface area contributed by atoms with E-state index >= 15 is 0 Å². The molecule has 1 aliphatic heterocycles. The molecule has 1 aromatic carbocycles. The molecule has 98 valence electrons. The van der Waals surface area contributed by atoms with Gasteiger partial charge in [-0.3, -0.25) is 5.41 Å². The maximum absolute atomic E-state index is 14.0. The van der Waals surface area contributed by atoms with Crippen molar-refractivity contribution in [3.63, 3.8) is 0 Å². The Labute approximate surface area is 107 Å². The Morgan fingerprint density at radius 1 is 1.50 bits per heavy atom. The first-order chi connectivity index (χ1) is 8.49. The van der Waals surface area contributed by atoms with Crippen LogP contribution in [0.4, 0.5) is 10.1 Å². The number of benzene rings is 1. The maximum Gasteiger partial charge on any atom is 0.147 e. The maximum atomic E-state index is 14.0. The van der Waals surface area contributed by atoms with Crippen LogP contribution in [0.15, 0.2) is 18.2 Å². The third-order valence-electron chi connectivity index (χ3n) is 3.77. The number of hydrogen-bond donors (Lipinski definition) is 2. The first-order valence-electron chi connectivity index (χ1n) is 6.38. The Kier molecular flexibility index (Phi) is 3.55. The Balaban J connectivity index is 2.18. The van der Waals surface area contributed by atoms with Gasteiger partial charge in [0.25, 0.3) is 0 Å². The summed E-state index contributed by atoms with van der Waals surface area (Å²) in [7, 11) is 0. The minimum atomic E-state index is -0.285. The third-order valence-corrected chi connectivity index (χ3v) is 3.77. The van der Waals surface area contributed by atoms with E-state index in [1.165, 1.54) is 6.07 Å². The predicted molar refractivity (Wildman–Crippen MR) is 72.6 cm³/mol. The van der Waals surface area contributed by atoms with Gasteiger partial charge in [-0.15, -0.1) is 0 Å². The van der Waals surface area contributed by atoms with Crippen molar-refractivity contribution in [3.8, 4) is 0 Å². The molecule has 0 spiro atoms. The van der Waals surface area contributed by atoms with Crippen molar-refractivity contribution in [2.75, 3.05) is 18.0 Å². The molecule has 0 saturated carbocycles. The highest BCUT2D eigenvalue weighted by Crippen LogP contribution is 2.30. The second-order valence-corrected chi connectivity index (χ2v) is 5.32. The van der Waals surface area contributed by atoms with E-state index in [0.717, 1.165) is 19.5 Å². The molecule has 0 radical (unpaired) electrons. The summed E-state index contributed by atoms with van der Waals surface area (Å²) in [6, 6.07) is 4.79. The van der Waals surface area contributed by atoms with Crippen molar-refractivity contribution >= 4 is 11.5 Å². The molecule has 3 N–H and O–H groups in total. The van der Waals surface area contributed by atoms with Gasteiger partial charge < -0.3 is 10.6 Å². The van der Waals surface area contributed by atoms with Gasteiger partial charge in [0.2, 0.25) is 0 Å². The normalized spacial score (nSPS) is 19.6. The lowest BCUT2D eigenvalue weighted by atomic mass is 9.95. The van der Waals surface area contributed by atoms with Crippen LogP contribution in [0.1, 0.15) is 25.8 Å². The lowest BCUT2D eigenvalue weighted by molar-refractivity contribution is 0.422. The van der Waals surface area contributed by atoms with E-state index in [1.54, 1.807) is 12.1 Å². The summed E-state index contributed by atoms with van der Waals surface area (Å²) in [5, 5.41) is 7.30. The van der Waals surface area contributed by atoms with E-state index in [9.17, 15) is 4.39 Å². The minimum Gasteiger partial charge on any atom is -0.384 e. The van der Waals surface area contributed by atoms with Crippen LogP contribution in [-0.4, -0.2) is 18.9 Å². The summed E-state index contributed by atoms with van der Waals surface area (Å²) in [6.45, 7) is 6.24. The molecule has 1 atom stereocenters. The number of rotatable bonds is 3. The van der Waals surface area contributed by atoms with Crippen molar-refractivity contribution < 1.29 is 4.39 Å². The summed E-state index contributed by atoms with van der Waals surface area (Å²) in [6.07, 6.45) is 1.12. The lowest BCUT2D eigenvalue weighted by Crippen LogP contribution is -2.22.